The van der Waals surface area contributed by atoms with Crippen LogP contribution in [0.3, 0.4) is 0 Å². The summed E-state index contributed by atoms with van der Waals surface area (Å²) in [4.78, 5) is 3.24. The molecule has 1 saturated carbocycles. The van der Waals surface area contributed by atoms with Crippen LogP contribution in [0.25, 0.3) is 11.0 Å². The third kappa shape index (κ3) is 2.06. The number of nitrogens with zero attached hydrogens (tertiary/aromatic N) is 2. The van der Waals surface area contributed by atoms with Crippen molar-refractivity contribution in [2.45, 2.75) is 45.1 Å². The molecule has 1 fully saturated rings. The number of imidazole rings is 1. The van der Waals surface area contributed by atoms with E-state index >= 15 is 0 Å². The highest BCUT2D eigenvalue weighted by molar-refractivity contribution is 7.71. The van der Waals surface area contributed by atoms with E-state index in [4.69, 9.17) is 12.2 Å². The number of benzene rings is 1. The fraction of sp³-hybridized carbons (Fsp3) is 0.500. The Morgan fingerprint density at radius 3 is 2.95 bits per heavy atom. The van der Waals surface area contributed by atoms with E-state index < -0.39 is 0 Å². The summed E-state index contributed by atoms with van der Waals surface area (Å²) < 4.78 is 3.02. The van der Waals surface area contributed by atoms with Gasteiger partial charge < -0.3 is 9.55 Å². The summed E-state index contributed by atoms with van der Waals surface area (Å²) in [6, 6.07) is 8.59. The fourth-order valence-corrected chi connectivity index (χ4v) is 3.91. The lowest BCUT2D eigenvalue weighted by atomic mass is 9.82. The predicted molar refractivity (Wildman–Crippen MR) is 83.1 cm³/mol. The third-order valence-electron chi connectivity index (χ3n) is 4.60. The van der Waals surface area contributed by atoms with Gasteiger partial charge in [-0.2, -0.15) is 5.26 Å². The van der Waals surface area contributed by atoms with Crippen molar-refractivity contribution in [1.29, 1.82) is 5.26 Å². The van der Waals surface area contributed by atoms with Gasteiger partial charge in [-0.15, -0.1) is 0 Å². The Morgan fingerprint density at radius 1 is 1.40 bits per heavy atom. The van der Waals surface area contributed by atoms with Gasteiger partial charge in [0.2, 0.25) is 0 Å². The third-order valence-corrected chi connectivity index (χ3v) is 4.90. The van der Waals surface area contributed by atoms with Crippen molar-refractivity contribution in [3.8, 4) is 6.07 Å². The minimum atomic E-state index is 0.476. The van der Waals surface area contributed by atoms with Gasteiger partial charge in [-0.25, -0.2) is 0 Å². The predicted octanol–water partition coefficient (Wildman–Crippen LogP) is 4.71. The molecule has 0 radical (unpaired) electrons. The molecule has 20 heavy (non-hydrogen) atoms. The zero-order valence-corrected chi connectivity index (χ0v) is 12.5. The van der Waals surface area contributed by atoms with Crippen molar-refractivity contribution in [3.63, 3.8) is 0 Å². The molecule has 0 aliphatic heterocycles. The van der Waals surface area contributed by atoms with E-state index in [1.165, 1.54) is 32.1 Å². The Bertz CT molecular complexity index is 719. The highest BCUT2D eigenvalue weighted by Gasteiger charge is 2.27. The molecule has 2 atom stereocenters. The summed E-state index contributed by atoms with van der Waals surface area (Å²) in [5.74, 6) is 0.695. The molecule has 1 aliphatic carbocycles. The highest BCUT2D eigenvalue weighted by atomic mass is 32.1. The largest absolute Gasteiger partial charge is 0.329 e. The first-order valence-electron chi connectivity index (χ1n) is 7.39. The van der Waals surface area contributed by atoms with Gasteiger partial charge >= 0.3 is 0 Å². The molecule has 1 aliphatic rings. The van der Waals surface area contributed by atoms with Crippen molar-refractivity contribution in [1.82, 2.24) is 9.55 Å². The second kappa shape index (κ2) is 5.41. The van der Waals surface area contributed by atoms with E-state index in [2.05, 4.69) is 28.6 Å². The van der Waals surface area contributed by atoms with Crippen molar-refractivity contribution >= 4 is 23.3 Å². The maximum Gasteiger partial charge on any atom is 0.178 e. The number of aromatic amines is 1. The van der Waals surface area contributed by atoms with Gasteiger partial charge in [-0.05, 0) is 43.1 Å². The number of aromatic nitrogens is 2. The normalized spacial score (nSPS) is 22.8. The van der Waals surface area contributed by atoms with Crippen LogP contribution < -0.4 is 0 Å². The smallest absolute Gasteiger partial charge is 0.178 e. The number of H-pyrrole nitrogens is 1. The Labute approximate surface area is 124 Å². The molecule has 104 valence electrons. The quantitative estimate of drug-likeness (QED) is 0.812. The van der Waals surface area contributed by atoms with Crippen LogP contribution in [0.2, 0.25) is 0 Å². The minimum absolute atomic E-state index is 0.476. The van der Waals surface area contributed by atoms with Gasteiger partial charge in [0, 0.05) is 6.04 Å². The molecule has 2 unspecified atom stereocenters. The molecule has 0 amide bonds. The summed E-state index contributed by atoms with van der Waals surface area (Å²) in [6.45, 7) is 2.27. The number of hydrogen-bond acceptors (Lipinski definition) is 2. The summed E-state index contributed by atoms with van der Waals surface area (Å²) >= 11 is 5.54. The first kappa shape index (κ1) is 13.4. The molecule has 1 N–H and O–H groups in total. The molecule has 1 aromatic heterocycles. The zero-order valence-electron chi connectivity index (χ0n) is 11.7. The first-order valence-corrected chi connectivity index (χ1v) is 7.80. The molecule has 0 spiro atoms. The van der Waals surface area contributed by atoms with Gasteiger partial charge in [-0.1, -0.05) is 32.3 Å². The minimum Gasteiger partial charge on any atom is -0.329 e. The lowest BCUT2D eigenvalue weighted by Crippen LogP contribution is -2.22. The zero-order chi connectivity index (χ0) is 14.1. The number of rotatable bonds is 2. The molecular formula is C16H19N3S. The standard InChI is InChI=1S/C16H19N3S/c1-2-11-6-3-4-8-13(11)19-14-9-5-7-12(10-17)15(14)18-16(19)20/h5,7,9,11,13H,2-4,6,8H2,1H3,(H,18,20). The molecular weight excluding hydrogens is 266 g/mol. The summed E-state index contributed by atoms with van der Waals surface area (Å²) in [7, 11) is 0. The Hall–Kier alpha value is -1.60. The van der Waals surface area contributed by atoms with E-state index in [9.17, 15) is 5.26 Å². The van der Waals surface area contributed by atoms with E-state index in [1.54, 1.807) is 0 Å². The lowest BCUT2D eigenvalue weighted by molar-refractivity contribution is 0.235. The Kier molecular flexibility index (Phi) is 3.62. The molecule has 4 heteroatoms. The van der Waals surface area contributed by atoms with Crippen LogP contribution in [0.1, 0.15) is 50.6 Å². The van der Waals surface area contributed by atoms with Crippen LogP contribution >= 0.6 is 12.2 Å². The number of hydrogen-bond donors (Lipinski definition) is 1. The first-order chi connectivity index (χ1) is 9.76. The van der Waals surface area contributed by atoms with E-state index in [-0.39, 0.29) is 0 Å². The van der Waals surface area contributed by atoms with Gasteiger partial charge in [0.1, 0.15) is 6.07 Å². The maximum atomic E-state index is 9.23. The summed E-state index contributed by atoms with van der Waals surface area (Å²) in [6.07, 6.45) is 6.27. The topological polar surface area (TPSA) is 44.5 Å². The summed E-state index contributed by atoms with van der Waals surface area (Å²) in [5.41, 5.74) is 2.65. The average Bonchev–Trinajstić information content (AvgIpc) is 2.82. The monoisotopic (exact) mass is 285 g/mol. The molecule has 0 saturated heterocycles. The van der Waals surface area contributed by atoms with Gasteiger partial charge in [0.25, 0.3) is 0 Å². The SMILES string of the molecule is CCC1CCCCC1n1c(=S)[nH]c2c(C#N)cccc21. The molecule has 3 rings (SSSR count). The van der Waals surface area contributed by atoms with Crippen molar-refractivity contribution in [2.75, 3.05) is 0 Å². The van der Waals surface area contributed by atoms with Crippen LogP contribution in [-0.4, -0.2) is 9.55 Å². The fourth-order valence-electron chi connectivity index (χ4n) is 3.58. The van der Waals surface area contributed by atoms with Crippen LogP contribution in [0, 0.1) is 22.0 Å². The van der Waals surface area contributed by atoms with E-state index in [0.29, 0.717) is 17.5 Å². The maximum absolute atomic E-state index is 9.23. The van der Waals surface area contributed by atoms with Gasteiger partial charge in [-0.3, -0.25) is 0 Å². The van der Waals surface area contributed by atoms with Crippen molar-refractivity contribution in [3.05, 3.63) is 28.5 Å². The van der Waals surface area contributed by atoms with Gasteiger partial charge in [0.15, 0.2) is 4.77 Å². The van der Waals surface area contributed by atoms with Crippen LogP contribution in [0.4, 0.5) is 0 Å². The second-order valence-corrected chi connectivity index (χ2v) is 6.02. The van der Waals surface area contributed by atoms with E-state index in [0.717, 1.165) is 15.8 Å². The molecule has 3 nitrogen and oxygen atoms in total. The highest BCUT2D eigenvalue weighted by Crippen LogP contribution is 2.38. The van der Waals surface area contributed by atoms with Crippen LogP contribution in [0.15, 0.2) is 18.2 Å². The number of para-hydroxylation sites is 1. The van der Waals surface area contributed by atoms with Gasteiger partial charge in [0.05, 0.1) is 16.6 Å². The average molecular weight is 285 g/mol. The summed E-state index contributed by atoms with van der Waals surface area (Å²) in [5, 5.41) is 9.23. The molecule has 0 bridgehead atoms. The number of fused-ring (bicyclic) bond motifs is 1. The molecule has 2 aromatic rings. The van der Waals surface area contributed by atoms with Crippen molar-refractivity contribution in [2.24, 2.45) is 5.92 Å². The van der Waals surface area contributed by atoms with Crippen LogP contribution in [-0.2, 0) is 0 Å². The van der Waals surface area contributed by atoms with E-state index in [1.807, 2.05) is 12.1 Å². The number of nitrogens with one attached hydrogen (secondary N) is 1. The lowest BCUT2D eigenvalue weighted by Gasteiger charge is -2.32. The number of nitriles is 1. The van der Waals surface area contributed by atoms with Crippen LogP contribution in [0.5, 0.6) is 0 Å². The Morgan fingerprint density at radius 2 is 2.20 bits per heavy atom. The Balaban J connectivity index is 2.19. The van der Waals surface area contributed by atoms with Crippen molar-refractivity contribution < 1.29 is 0 Å². The molecule has 1 aromatic carbocycles. The molecule has 1 heterocycles. The second-order valence-electron chi connectivity index (χ2n) is 5.63.